The van der Waals surface area contributed by atoms with Gasteiger partial charge in [0.25, 0.3) is 0 Å². The second kappa shape index (κ2) is 7.99. The van der Waals surface area contributed by atoms with Gasteiger partial charge in [-0.3, -0.25) is 0 Å². The number of fused-ring (bicyclic) bond motifs is 2. The number of likely N-dealkylation sites (N-methyl/N-ethyl adjacent to an activating group) is 1. The number of benzene rings is 1. The molecule has 5 nitrogen and oxygen atoms in total. The number of aromatic amines is 1. The largest absolute Gasteiger partial charge is 0.449 e. The second-order valence-electron chi connectivity index (χ2n) is 8.08. The first kappa shape index (κ1) is 19.6. The highest BCUT2D eigenvalue weighted by Gasteiger charge is 2.40. The molecule has 1 aliphatic carbocycles. The molecule has 2 aromatic rings. The van der Waals surface area contributed by atoms with Crippen LogP contribution in [0.2, 0.25) is 0 Å². The van der Waals surface area contributed by atoms with Crippen molar-refractivity contribution in [2.24, 2.45) is 5.92 Å². The average Bonchev–Trinajstić information content (AvgIpc) is 3.07. The highest BCUT2D eigenvalue weighted by atomic mass is 32.2. The fourth-order valence-electron chi connectivity index (χ4n) is 5.17. The van der Waals surface area contributed by atoms with Crippen LogP contribution >= 0.6 is 11.8 Å². The summed E-state index contributed by atoms with van der Waals surface area (Å²) in [5.41, 5.74) is 4.21. The number of nitrogens with zero attached hydrogens (tertiary/aromatic N) is 2. The van der Waals surface area contributed by atoms with Crippen molar-refractivity contribution in [2.75, 3.05) is 39.5 Å². The molecule has 1 N–H and O–H groups in total. The van der Waals surface area contributed by atoms with E-state index in [9.17, 15) is 4.79 Å². The quantitative estimate of drug-likeness (QED) is 0.758. The van der Waals surface area contributed by atoms with E-state index in [-0.39, 0.29) is 6.09 Å². The van der Waals surface area contributed by atoms with Crippen LogP contribution in [-0.4, -0.2) is 66.5 Å². The van der Waals surface area contributed by atoms with Gasteiger partial charge >= 0.3 is 6.09 Å². The summed E-state index contributed by atoms with van der Waals surface area (Å²) in [5, 5.41) is 2.74. The maximum Gasteiger partial charge on any atom is 0.409 e. The zero-order valence-electron chi connectivity index (χ0n) is 17.3. The normalized spacial score (nSPS) is 24.2. The maximum atomic E-state index is 12.2. The molecule has 0 radical (unpaired) electrons. The molecular weight excluding hydrogens is 370 g/mol. The van der Waals surface area contributed by atoms with Gasteiger partial charge < -0.3 is 19.5 Å². The fraction of sp³-hybridized carbons (Fsp3) is 0.591. The Morgan fingerprint density at radius 2 is 2.14 bits per heavy atom. The molecule has 28 heavy (non-hydrogen) atoms. The van der Waals surface area contributed by atoms with E-state index in [1.165, 1.54) is 27.1 Å². The number of carbonyl (C=O) groups is 1. The molecule has 0 bridgehead atoms. The molecule has 1 unspecified atom stereocenters. The second-order valence-corrected chi connectivity index (χ2v) is 8.89. The Bertz CT molecular complexity index is 861. The summed E-state index contributed by atoms with van der Waals surface area (Å²) in [6.07, 6.45) is 4.15. The summed E-state index contributed by atoms with van der Waals surface area (Å²) in [7, 11) is 2.23. The van der Waals surface area contributed by atoms with Gasteiger partial charge in [0.2, 0.25) is 0 Å². The number of aromatic nitrogens is 1. The van der Waals surface area contributed by atoms with Crippen LogP contribution in [0.4, 0.5) is 4.79 Å². The molecule has 1 fully saturated rings. The number of piperidine rings is 1. The number of amides is 1. The van der Waals surface area contributed by atoms with E-state index in [0.717, 1.165) is 19.4 Å². The lowest BCUT2D eigenvalue weighted by atomic mass is 9.72. The third-order valence-corrected chi connectivity index (χ3v) is 7.32. The van der Waals surface area contributed by atoms with Gasteiger partial charge in [0, 0.05) is 48.4 Å². The van der Waals surface area contributed by atoms with E-state index in [1.54, 1.807) is 4.90 Å². The van der Waals surface area contributed by atoms with Gasteiger partial charge in [0.1, 0.15) is 0 Å². The van der Waals surface area contributed by atoms with E-state index in [0.29, 0.717) is 37.6 Å². The third kappa shape index (κ3) is 3.30. The Labute approximate surface area is 171 Å². The van der Waals surface area contributed by atoms with Gasteiger partial charge in [0.15, 0.2) is 0 Å². The number of hydrogen-bond donors (Lipinski definition) is 1. The number of hydrogen-bond acceptors (Lipinski definition) is 4. The highest BCUT2D eigenvalue weighted by Crippen LogP contribution is 2.46. The number of nitrogens with one attached hydrogen (secondary N) is 1. The summed E-state index contributed by atoms with van der Waals surface area (Å²) < 4.78 is 5.67. The zero-order chi connectivity index (χ0) is 19.8. The molecule has 4 rings (SSSR count). The van der Waals surface area contributed by atoms with Crippen LogP contribution in [-0.2, 0) is 11.2 Å². The van der Waals surface area contributed by atoms with Gasteiger partial charge in [-0.25, -0.2) is 4.79 Å². The lowest BCUT2D eigenvalue weighted by Gasteiger charge is -2.45. The Morgan fingerprint density at radius 3 is 2.86 bits per heavy atom. The van der Waals surface area contributed by atoms with Crippen molar-refractivity contribution in [3.63, 3.8) is 0 Å². The van der Waals surface area contributed by atoms with Crippen LogP contribution < -0.4 is 0 Å². The molecule has 1 aliphatic heterocycles. The lowest BCUT2D eigenvalue weighted by Crippen LogP contribution is -2.49. The van der Waals surface area contributed by atoms with Crippen molar-refractivity contribution < 1.29 is 9.53 Å². The van der Waals surface area contributed by atoms with Crippen molar-refractivity contribution in [3.8, 4) is 0 Å². The van der Waals surface area contributed by atoms with Crippen LogP contribution in [0.3, 0.4) is 0 Å². The molecular formula is C22H31N3O2S. The molecule has 1 aromatic heterocycles. The first-order valence-electron chi connectivity index (χ1n) is 10.4. The number of ether oxygens (including phenoxy) is 1. The number of likely N-dealkylation sites (tertiary alicyclic amines) is 1. The van der Waals surface area contributed by atoms with Crippen molar-refractivity contribution in [1.82, 2.24) is 14.8 Å². The van der Waals surface area contributed by atoms with Crippen LogP contribution in [0.1, 0.15) is 37.3 Å². The number of H-pyrrole nitrogens is 1. The molecule has 3 atom stereocenters. The Hall–Kier alpha value is -1.66. The molecule has 2 heterocycles. The van der Waals surface area contributed by atoms with E-state index in [1.807, 2.05) is 25.6 Å². The van der Waals surface area contributed by atoms with Crippen molar-refractivity contribution >= 4 is 28.8 Å². The van der Waals surface area contributed by atoms with E-state index in [2.05, 4.69) is 41.4 Å². The number of rotatable bonds is 5. The predicted molar refractivity (Wildman–Crippen MR) is 115 cm³/mol. The smallest absolute Gasteiger partial charge is 0.409 e. The topological polar surface area (TPSA) is 48.6 Å². The molecule has 0 spiro atoms. The van der Waals surface area contributed by atoms with Crippen molar-refractivity contribution in [3.05, 3.63) is 29.3 Å². The maximum absolute atomic E-state index is 12.2. The van der Waals surface area contributed by atoms with Crippen LogP contribution in [0, 0.1) is 5.92 Å². The summed E-state index contributed by atoms with van der Waals surface area (Å²) in [5.74, 6) is 0.874. The third-order valence-electron chi connectivity index (χ3n) is 6.57. The predicted octanol–water partition coefficient (Wildman–Crippen LogP) is 4.33. The van der Waals surface area contributed by atoms with Crippen molar-refractivity contribution in [2.45, 2.75) is 43.7 Å². The first-order valence-corrected chi connectivity index (χ1v) is 11.6. The monoisotopic (exact) mass is 401 g/mol. The molecule has 152 valence electrons. The van der Waals surface area contributed by atoms with Gasteiger partial charge in [-0.2, -0.15) is 0 Å². The standard InChI is InChI=1S/C22H31N3O2S/c1-5-25(6-2)22(26)27-13-14-10-16-15-8-7-9-18-20(15)17(21(23-18)28-4)11-19(16)24(3)12-14/h7-9,14,16,19,23H,5-6,10-13H2,1-4H3/t14?,16-,19-/m0/s1. The minimum absolute atomic E-state index is 0.182. The minimum atomic E-state index is -0.182. The van der Waals surface area contributed by atoms with Gasteiger partial charge in [-0.1, -0.05) is 12.1 Å². The molecule has 1 aromatic carbocycles. The Balaban J connectivity index is 1.56. The average molecular weight is 402 g/mol. The molecule has 2 aliphatic rings. The van der Waals surface area contributed by atoms with Crippen LogP contribution in [0.25, 0.3) is 10.9 Å². The van der Waals surface area contributed by atoms with Crippen molar-refractivity contribution in [1.29, 1.82) is 0 Å². The molecule has 6 heteroatoms. The number of carbonyl (C=O) groups excluding carboxylic acids is 1. The first-order chi connectivity index (χ1) is 13.6. The molecule has 0 saturated carbocycles. The summed E-state index contributed by atoms with van der Waals surface area (Å²) >= 11 is 1.81. The highest BCUT2D eigenvalue weighted by molar-refractivity contribution is 7.98. The summed E-state index contributed by atoms with van der Waals surface area (Å²) in [6, 6.07) is 7.19. The molecule has 1 saturated heterocycles. The van der Waals surface area contributed by atoms with Crippen LogP contribution in [0.15, 0.2) is 23.2 Å². The van der Waals surface area contributed by atoms with Gasteiger partial charge in [0.05, 0.1) is 11.6 Å². The van der Waals surface area contributed by atoms with E-state index >= 15 is 0 Å². The van der Waals surface area contributed by atoms with E-state index < -0.39 is 0 Å². The summed E-state index contributed by atoms with van der Waals surface area (Å²) in [6.45, 7) is 6.86. The zero-order valence-corrected chi connectivity index (χ0v) is 18.1. The lowest BCUT2D eigenvalue weighted by molar-refractivity contribution is 0.0482. The van der Waals surface area contributed by atoms with Crippen LogP contribution in [0.5, 0.6) is 0 Å². The van der Waals surface area contributed by atoms with Gasteiger partial charge in [-0.15, -0.1) is 11.8 Å². The number of thioether (sulfide) groups is 1. The van der Waals surface area contributed by atoms with Gasteiger partial charge in [-0.05, 0) is 57.2 Å². The fourth-order valence-corrected chi connectivity index (χ4v) is 5.81. The summed E-state index contributed by atoms with van der Waals surface area (Å²) in [4.78, 5) is 20.1. The Morgan fingerprint density at radius 1 is 1.36 bits per heavy atom. The molecule has 1 amide bonds. The minimum Gasteiger partial charge on any atom is -0.449 e. The van der Waals surface area contributed by atoms with E-state index in [4.69, 9.17) is 4.74 Å². The SMILES string of the molecule is CCN(CC)C(=O)OCC1C[C@H]2c3cccc4[nH]c(SC)c(c34)C[C@@H]2N(C)C1. The Kier molecular flexibility index (Phi) is 5.61.